The Morgan fingerprint density at radius 1 is 1.43 bits per heavy atom. The maximum atomic E-state index is 12.3. The molecule has 126 valence electrons. The van der Waals surface area contributed by atoms with Crippen LogP contribution < -0.4 is 9.64 Å². The Morgan fingerprint density at radius 3 is 2.74 bits per heavy atom. The average Bonchev–Trinajstić information content (AvgIpc) is 2.77. The Morgan fingerprint density at radius 2 is 2.13 bits per heavy atom. The highest BCUT2D eigenvalue weighted by atomic mass is 32.2. The van der Waals surface area contributed by atoms with Gasteiger partial charge in [0.1, 0.15) is 5.75 Å². The van der Waals surface area contributed by atoms with Crippen LogP contribution in [0, 0.1) is 0 Å². The van der Waals surface area contributed by atoms with E-state index in [9.17, 15) is 26.7 Å². The first-order chi connectivity index (χ1) is 10.7. The molecule has 0 bridgehead atoms. The Kier molecular flexibility index (Phi) is 5.12. The molecule has 1 fully saturated rings. The number of aliphatic imine (C=N–C) groups is 1. The maximum absolute atomic E-state index is 12.3. The summed E-state index contributed by atoms with van der Waals surface area (Å²) in [6.07, 6.45) is -8.07. The van der Waals surface area contributed by atoms with Crippen LogP contribution in [0.2, 0.25) is 0 Å². The number of thioether (sulfide) groups is 1. The Labute approximate surface area is 132 Å². The van der Waals surface area contributed by atoms with Crippen molar-refractivity contribution >= 4 is 28.5 Å². The molecule has 1 aliphatic heterocycles. The molecule has 0 aliphatic carbocycles. The number of amides is 1. The van der Waals surface area contributed by atoms with Gasteiger partial charge in [-0.3, -0.25) is 4.79 Å². The number of ether oxygens (including phenoxy) is 1. The molecule has 1 aromatic carbocycles. The van der Waals surface area contributed by atoms with Crippen molar-refractivity contribution in [2.45, 2.75) is 25.0 Å². The molecule has 1 heterocycles. The first kappa shape index (κ1) is 17.5. The topological polar surface area (TPSA) is 41.9 Å². The van der Waals surface area contributed by atoms with E-state index in [0.717, 1.165) is 23.9 Å². The molecule has 1 saturated heterocycles. The van der Waals surface area contributed by atoms with Crippen molar-refractivity contribution in [2.24, 2.45) is 4.99 Å². The number of hydrogen-bond donors (Lipinski definition) is 0. The highest BCUT2D eigenvalue weighted by Crippen LogP contribution is 2.33. The van der Waals surface area contributed by atoms with E-state index in [0.29, 0.717) is 6.54 Å². The quantitative estimate of drug-likeness (QED) is 0.777. The fourth-order valence-electron chi connectivity index (χ4n) is 1.91. The fraction of sp³-hybridized carbons (Fsp3) is 0.385. The molecular weight excluding hydrogens is 343 g/mol. The van der Waals surface area contributed by atoms with E-state index < -0.39 is 24.4 Å². The van der Waals surface area contributed by atoms with Crippen LogP contribution in [0.5, 0.6) is 5.75 Å². The van der Waals surface area contributed by atoms with Crippen molar-refractivity contribution in [1.29, 1.82) is 0 Å². The molecule has 0 N–H and O–H groups in total. The van der Waals surface area contributed by atoms with E-state index in [2.05, 4.69) is 9.73 Å². The molecule has 1 aliphatic rings. The Hall–Kier alpha value is -1.84. The molecule has 1 aromatic rings. The summed E-state index contributed by atoms with van der Waals surface area (Å²) in [5, 5.41) is -0.0432. The van der Waals surface area contributed by atoms with Crippen LogP contribution in [0.1, 0.15) is 6.92 Å². The van der Waals surface area contributed by atoms with E-state index in [1.807, 2.05) is 0 Å². The number of halogens is 5. The third-order valence-corrected chi connectivity index (χ3v) is 3.81. The molecule has 0 spiro atoms. The molecule has 4 nitrogen and oxygen atoms in total. The Bertz CT molecular complexity index is 621. The summed E-state index contributed by atoms with van der Waals surface area (Å²) in [6.45, 7) is 2.10. The zero-order valence-electron chi connectivity index (χ0n) is 11.7. The summed E-state index contributed by atoms with van der Waals surface area (Å²) in [5.41, 5.74) is 0.268. The number of alkyl halides is 5. The van der Waals surface area contributed by atoms with Gasteiger partial charge >= 0.3 is 18.7 Å². The van der Waals surface area contributed by atoms with E-state index in [4.69, 9.17) is 0 Å². The first-order valence-corrected chi connectivity index (χ1v) is 7.24. The van der Waals surface area contributed by atoms with Crippen LogP contribution in [0.4, 0.5) is 27.6 Å². The zero-order valence-corrected chi connectivity index (χ0v) is 12.5. The second-order valence-corrected chi connectivity index (χ2v) is 6.02. The number of anilines is 1. The summed E-state index contributed by atoms with van der Waals surface area (Å²) in [7, 11) is 0. The second-order valence-electron chi connectivity index (χ2n) is 4.62. The first-order valence-electron chi connectivity index (χ1n) is 6.36. The van der Waals surface area contributed by atoms with Crippen molar-refractivity contribution in [3.63, 3.8) is 0 Å². The minimum absolute atomic E-state index is 0.0203. The Balaban J connectivity index is 2.28. The molecule has 2 rings (SSSR count). The van der Waals surface area contributed by atoms with Crippen molar-refractivity contribution in [2.75, 3.05) is 11.4 Å². The third-order valence-electron chi connectivity index (χ3n) is 2.73. The molecule has 0 aromatic heterocycles. The van der Waals surface area contributed by atoms with Crippen molar-refractivity contribution in [3.8, 4) is 5.75 Å². The monoisotopic (exact) mass is 354 g/mol. The number of hydrogen-bond acceptors (Lipinski definition) is 3. The average molecular weight is 354 g/mol. The molecular formula is C13H11F5N2O2S. The van der Waals surface area contributed by atoms with Crippen molar-refractivity contribution < 1.29 is 31.5 Å². The lowest BCUT2D eigenvalue weighted by Gasteiger charge is -2.19. The van der Waals surface area contributed by atoms with Crippen LogP contribution in [0.3, 0.4) is 0 Å². The normalized spacial score (nSPS) is 20.4. The minimum atomic E-state index is -4.84. The molecule has 0 saturated carbocycles. The van der Waals surface area contributed by atoms with E-state index in [-0.39, 0.29) is 16.1 Å². The fourth-order valence-corrected chi connectivity index (χ4v) is 2.94. The van der Waals surface area contributed by atoms with Crippen LogP contribution >= 0.6 is 11.8 Å². The van der Waals surface area contributed by atoms with Gasteiger partial charge in [0, 0.05) is 23.5 Å². The van der Waals surface area contributed by atoms with E-state index >= 15 is 0 Å². The standard InChI is InChI=1S/C13H11F5N2O2S/c1-7-6-20(12(23-7)19-11(21)10(14)15)8-3-2-4-9(5-8)22-13(16,17)18/h2-5,7,10H,6H2,1H3. The number of rotatable bonds is 3. The lowest BCUT2D eigenvalue weighted by molar-refractivity contribution is -0.274. The van der Waals surface area contributed by atoms with Crippen LogP contribution in [-0.2, 0) is 4.79 Å². The predicted octanol–water partition coefficient (Wildman–Crippen LogP) is 3.67. The molecule has 1 unspecified atom stereocenters. The van der Waals surface area contributed by atoms with Gasteiger partial charge < -0.3 is 9.64 Å². The highest BCUT2D eigenvalue weighted by Gasteiger charge is 2.32. The number of carbonyl (C=O) groups excluding carboxylic acids is 1. The minimum Gasteiger partial charge on any atom is -0.406 e. The highest BCUT2D eigenvalue weighted by molar-refractivity contribution is 8.15. The van der Waals surface area contributed by atoms with Gasteiger partial charge in [-0.1, -0.05) is 24.8 Å². The van der Waals surface area contributed by atoms with Crippen LogP contribution in [-0.4, -0.2) is 35.7 Å². The number of nitrogens with zero attached hydrogens (tertiary/aromatic N) is 2. The number of carbonyl (C=O) groups is 1. The van der Waals surface area contributed by atoms with Gasteiger partial charge in [0.15, 0.2) is 5.17 Å². The maximum Gasteiger partial charge on any atom is 0.573 e. The zero-order chi connectivity index (χ0) is 17.2. The van der Waals surface area contributed by atoms with Gasteiger partial charge in [0.05, 0.1) is 0 Å². The van der Waals surface area contributed by atoms with Gasteiger partial charge in [-0.05, 0) is 12.1 Å². The third kappa shape index (κ3) is 4.81. The van der Waals surface area contributed by atoms with Gasteiger partial charge in [-0.15, -0.1) is 13.2 Å². The predicted molar refractivity (Wildman–Crippen MR) is 76.0 cm³/mol. The van der Waals surface area contributed by atoms with Gasteiger partial charge in [-0.25, -0.2) is 0 Å². The van der Waals surface area contributed by atoms with Crippen molar-refractivity contribution in [3.05, 3.63) is 24.3 Å². The van der Waals surface area contributed by atoms with E-state index in [1.165, 1.54) is 17.0 Å². The molecule has 1 atom stereocenters. The number of amidine groups is 1. The van der Waals surface area contributed by atoms with Crippen LogP contribution in [0.15, 0.2) is 29.3 Å². The smallest absolute Gasteiger partial charge is 0.406 e. The molecule has 1 amide bonds. The lowest BCUT2D eigenvalue weighted by atomic mass is 10.2. The summed E-state index contributed by atoms with van der Waals surface area (Å²) in [6, 6.07) is 5.03. The lowest BCUT2D eigenvalue weighted by Crippen LogP contribution is -2.26. The number of benzene rings is 1. The second kappa shape index (κ2) is 6.73. The largest absolute Gasteiger partial charge is 0.573 e. The van der Waals surface area contributed by atoms with Gasteiger partial charge in [0.2, 0.25) is 0 Å². The molecule has 10 heteroatoms. The van der Waals surface area contributed by atoms with E-state index in [1.54, 1.807) is 6.92 Å². The summed E-state index contributed by atoms with van der Waals surface area (Å²) in [4.78, 5) is 15.8. The summed E-state index contributed by atoms with van der Waals surface area (Å²) >= 11 is 1.09. The van der Waals surface area contributed by atoms with Gasteiger partial charge in [0.25, 0.3) is 0 Å². The SMILES string of the molecule is CC1CN(c2cccc(OC(F)(F)F)c2)C(=NC(=O)C(F)F)S1. The van der Waals surface area contributed by atoms with Gasteiger partial charge in [-0.2, -0.15) is 13.8 Å². The summed E-state index contributed by atoms with van der Waals surface area (Å²) in [5.74, 6) is -2.03. The van der Waals surface area contributed by atoms with Crippen LogP contribution in [0.25, 0.3) is 0 Å². The molecule has 0 radical (unpaired) electrons. The summed E-state index contributed by atoms with van der Waals surface area (Å²) < 4.78 is 65.3. The molecule has 23 heavy (non-hydrogen) atoms. The van der Waals surface area contributed by atoms with Crippen molar-refractivity contribution in [1.82, 2.24) is 0 Å².